The van der Waals surface area contributed by atoms with Gasteiger partial charge in [-0.15, -0.1) is 0 Å². The first-order chi connectivity index (χ1) is 21.0. The molecule has 3 atom stereocenters. The molecule has 2 aliphatic rings. The van der Waals surface area contributed by atoms with E-state index in [2.05, 4.69) is 100 Å². The minimum Gasteiger partial charge on any atom is -0.454 e. The molecule has 44 heavy (non-hydrogen) atoms. The number of carbonyl (C=O) groups excluding carboxylic acids is 2. The van der Waals surface area contributed by atoms with Gasteiger partial charge in [-0.25, -0.2) is 0 Å². The Hall–Kier alpha value is -4.00. The fourth-order valence-electron chi connectivity index (χ4n) is 7.38. The molecule has 0 heterocycles. The highest BCUT2D eigenvalue weighted by molar-refractivity contribution is 6.99. The standard InChI is InChI=1S/C38H40O5Si/c1-24-23-33-29(30-17-18-32-31(36(24)30)20-22-35(41-25(2)39)37(32)42-26(3)40)19-21-34(33)43-44(38(4,5)6,27-13-9-7-10-14-27)28-15-11-8-12-16-28/h7-18,20,22-23,34-35,37H,19,21H2,1-6H3/t34?,35-,37-/m1/s1. The van der Waals surface area contributed by atoms with Gasteiger partial charge in [0.2, 0.25) is 0 Å². The number of carbonyl (C=O) groups is 2. The van der Waals surface area contributed by atoms with Crippen molar-refractivity contribution in [3.05, 3.63) is 113 Å². The summed E-state index contributed by atoms with van der Waals surface area (Å²) in [4.78, 5) is 23.9. The van der Waals surface area contributed by atoms with E-state index in [0.29, 0.717) is 0 Å². The maximum atomic E-state index is 12.1. The zero-order valence-corrected chi connectivity index (χ0v) is 27.3. The molecule has 0 saturated heterocycles. The van der Waals surface area contributed by atoms with Crippen molar-refractivity contribution in [1.82, 2.24) is 0 Å². The zero-order valence-electron chi connectivity index (χ0n) is 26.3. The van der Waals surface area contributed by atoms with Crippen LogP contribution in [0.4, 0.5) is 0 Å². The summed E-state index contributed by atoms with van der Waals surface area (Å²) in [6.45, 7) is 11.9. The van der Waals surface area contributed by atoms with Crippen LogP contribution in [0.5, 0.6) is 0 Å². The number of rotatable bonds is 6. The van der Waals surface area contributed by atoms with Crippen LogP contribution in [0.1, 0.15) is 81.1 Å². The van der Waals surface area contributed by atoms with Crippen molar-refractivity contribution in [2.45, 2.75) is 77.7 Å². The summed E-state index contributed by atoms with van der Waals surface area (Å²) < 4.78 is 18.9. The van der Waals surface area contributed by atoms with Crippen molar-refractivity contribution in [3.8, 4) is 0 Å². The van der Waals surface area contributed by atoms with Crippen LogP contribution in [0, 0.1) is 6.92 Å². The lowest BCUT2D eigenvalue weighted by molar-refractivity contribution is -0.162. The molecule has 0 fully saturated rings. The molecule has 0 N–H and O–H groups in total. The molecule has 1 unspecified atom stereocenters. The molecular weight excluding hydrogens is 564 g/mol. The first kappa shape index (κ1) is 30.0. The van der Waals surface area contributed by atoms with Gasteiger partial charge in [0, 0.05) is 19.4 Å². The highest BCUT2D eigenvalue weighted by atomic mass is 28.4. The van der Waals surface area contributed by atoms with Gasteiger partial charge in [-0.1, -0.05) is 106 Å². The largest absolute Gasteiger partial charge is 0.454 e. The second-order valence-electron chi connectivity index (χ2n) is 13.0. The van der Waals surface area contributed by atoms with Crippen molar-refractivity contribution >= 4 is 47.5 Å². The SMILES string of the molecule is CC(=O)O[C@@H]1c2ccc3c4c(cc(C)c3c2C=C[C@H]1OC(C)=O)C(O[Si](c1ccccc1)(c1ccccc1)C(C)(C)C)CC4. The Labute approximate surface area is 261 Å². The molecule has 0 aromatic heterocycles. The van der Waals surface area contributed by atoms with E-state index in [0.717, 1.165) is 34.9 Å². The third kappa shape index (κ3) is 5.10. The molecule has 0 spiro atoms. The van der Waals surface area contributed by atoms with Crippen LogP contribution in [0.15, 0.2) is 84.9 Å². The topological polar surface area (TPSA) is 61.8 Å². The molecule has 0 aliphatic heterocycles. The number of fused-ring (bicyclic) bond motifs is 5. The van der Waals surface area contributed by atoms with Gasteiger partial charge in [0.1, 0.15) is 0 Å². The van der Waals surface area contributed by atoms with Crippen LogP contribution in [-0.2, 0) is 29.9 Å². The molecule has 0 radical (unpaired) electrons. The second kappa shape index (κ2) is 11.5. The molecule has 0 saturated carbocycles. The molecule has 0 bridgehead atoms. The van der Waals surface area contributed by atoms with E-state index in [4.69, 9.17) is 13.9 Å². The third-order valence-electron chi connectivity index (χ3n) is 9.11. The smallest absolute Gasteiger partial charge is 0.303 e. The number of hydrogen-bond acceptors (Lipinski definition) is 5. The molecule has 4 aromatic carbocycles. The number of hydrogen-bond donors (Lipinski definition) is 0. The quantitative estimate of drug-likeness (QED) is 0.171. The monoisotopic (exact) mass is 604 g/mol. The Morgan fingerprint density at radius 3 is 2.00 bits per heavy atom. The number of ether oxygens (including phenoxy) is 2. The molecule has 6 rings (SSSR count). The average molecular weight is 605 g/mol. The van der Waals surface area contributed by atoms with Crippen molar-refractivity contribution in [2.24, 2.45) is 0 Å². The van der Waals surface area contributed by atoms with Crippen molar-refractivity contribution in [2.75, 3.05) is 0 Å². The van der Waals surface area contributed by atoms with Crippen molar-refractivity contribution < 1.29 is 23.5 Å². The first-order valence-corrected chi connectivity index (χ1v) is 17.3. The second-order valence-corrected chi connectivity index (χ2v) is 17.3. The predicted octanol–water partition coefficient (Wildman–Crippen LogP) is 7.27. The molecule has 6 heteroatoms. The highest BCUT2D eigenvalue weighted by Crippen LogP contribution is 2.47. The Bertz CT molecular complexity index is 1710. The number of esters is 2. The van der Waals surface area contributed by atoms with Gasteiger partial charge in [0.25, 0.3) is 8.32 Å². The average Bonchev–Trinajstić information content (AvgIpc) is 3.38. The molecular formula is C38H40O5Si. The molecule has 5 nitrogen and oxygen atoms in total. The fraction of sp³-hybridized carbons (Fsp3) is 0.316. The van der Waals surface area contributed by atoms with Gasteiger partial charge < -0.3 is 13.9 Å². The summed E-state index contributed by atoms with van der Waals surface area (Å²) >= 11 is 0. The van der Waals surface area contributed by atoms with Gasteiger partial charge in [-0.2, -0.15) is 0 Å². The summed E-state index contributed by atoms with van der Waals surface area (Å²) in [6.07, 6.45) is 4.28. The maximum Gasteiger partial charge on any atom is 0.303 e. The summed E-state index contributed by atoms with van der Waals surface area (Å²) in [5.74, 6) is -0.829. The third-order valence-corrected chi connectivity index (χ3v) is 14.2. The minimum absolute atomic E-state index is 0.0341. The Kier molecular flexibility index (Phi) is 7.85. The van der Waals surface area contributed by atoms with Crippen LogP contribution in [0.25, 0.3) is 16.8 Å². The number of benzene rings is 4. The van der Waals surface area contributed by atoms with Gasteiger partial charge in [0.15, 0.2) is 12.2 Å². The normalized spacial score (nSPS) is 19.4. The van der Waals surface area contributed by atoms with Gasteiger partial charge in [0.05, 0.1) is 6.10 Å². The first-order valence-electron chi connectivity index (χ1n) is 15.4. The van der Waals surface area contributed by atoms with Crippen LogP contribution in [-0.4, -0.2) is 26.4 Å². The van der Waals surface area contributed by atoms with E-state index >= 15 is 0 Å². The maximum absolute atomic E-state index is 12.1. The predicted molar refractivity (Wildman–Crippen MR) is 178 cm³/mol. The summed E-state index contributed by atoms with van der Waals surface area (Å²) in [5.41, 5.74) is 5.58. The zero-order chi connectivity index (χ0) is 31.2. The van der Waals surface area contributed by atoms with Crippen LogP contribution in [0.3, 0.4) is 0 Å². The lowest BCUT2D eigenvalue weighted by Gasteiger charge is -2.45. The van der Waals surface area contributed by atoms with Crippen molar-refractivity contribution in [1.29, 1.82) is 0 Å². The Balaban J connectivity index is 1.47. The van der Waals surface area contributed by atoms with Crippen LogP contribution < -0.4 is 10.4 Å². The molecule has 2 aliphatic carbocycles. The fourth-order valence-corrected chi connectivity index (χ4v) is 12.1. The van der Waals surface area contributed by atoms with E-state index in [1.165, 1.54) is 40.7 Å². The Morgan fingerprint density at radius 2 is 1.43 bits per heavy atom. The minimum atomic E-state index is -2.74. The van der Waals surface area contributed by atoms with E-state index < -0.39 is 32.5 Å². The Morgan fingerprint density at radius 1 is 0.818 bits per heavy atom. The van der Waals surface area contributed by atoms with Crippen molar-refractivity contribution in [3.63, 3.8) is 0 Å². The highest BCUT2D eigenvalue weighted by Gasteiger charge is 2.52. The van der Waals surface area contributed by atoms with E-state index in [1.807, 2.05) is 18.2 Å². The van der Waals surface area contributed by atoms with Crippen LogP contribution >= 0.6 is 0 Å². The summed E-state index contributed by atoms with van der Waals surface area (Å²) in [7, 11) is -2.74. The number of aryl methyl sites for hydroxylation is 2. The molecule has 0 amide bonds. The van der Waals surface area contributed by atoms with E-state index in [9.17, 15) is 9.59 Å². The molecule has 4 aromatic rings. The lowest BCUT2D eigenvalue weighted by atomic mass is 9.85. The van der Waals surface area contributed by atoms with Gasteiger partial charge in [-0.05, 0) is 74.3 Å². The van der Waals surface area contributed by atoms with Gasteiger partial charge in [-0.3, -0.25) is 9.59 Å². The molecule has 226 valence electrons. The van der Waals surface area contributed by atoms with Gasteiger partial charge >= 0.3 is 11.9 Å². The van der Waals surface area contributed by atoms with E-state index in [1.54, 1.807) is 0 Å². The van der Waals surface area contributed by atoms with Crippen LogP contribution in [0.2, 0.25) is 5.04 Å². The summed E-state index contributed by atoms with van der Waals surface area (Å²) in [5, 5.41) is 4.79. The summed E-state index contributed by atoms with van der Waals surface area (Å²) in [6, 6.07) is 28.1. The van der Waals surface area contributed by atoms with E-state index in [-0.39, 0.29) is 11.1 Å². The lowest BCUT2D eigenvalue weighted by Crippen LogP contribution is -2.66.